The van der Waals surface area contributed by atoms with Crippen molar-refractivity contribution < 1.29 is 0 Å². The van der Waals surface area contributed by atoms with E-state index >= 15 is 0 Å². The maximum absolute atomic E-state index is 5.87. The van der Waals surface area contributed by atoms with E-state index in [1.165, 1.54) is 0 Å². The number of hydrogen-bond acceptors (Lipinski definition) is 3. The van der Waals surface area contributed by atoms with Gasteiger partial charge in [-0.2, -0.15) is 5.10 Å². The van der Waals surface area contributed by atoms with E-state index in [1.54, 1.807) is 0 Å². The van der Waals surface area contributed by atoms with E-state index in [1.807, 2.05) is 42.2 Å². The molecule has 1 aromatic carbocycles. The zero-order chi connectivity index (χ0) is 12.3. The fourth-order valence-electron chi connectivity index (χ4n) is 1.60. The van der Waals surface area contributed by atoms with Gasteiger partial charge in [-0.3, -0.25) is 4.68 Å². The molecule has 0 saturated carbocycles. The lowest BCUT2D eigenvalue weighted by atomic mass is 10.2. The number of nitrogens with one attached hydrogen (secondary N) is 1. The highest BCUT2D eigenvalue weighted by molar-refractivity contribution is 9.10. The summed E-state index contributed by atoms with van der Waals surface area (Å²) in [6.07, 6.45) is 2.83. The predicted octanol–water partition coefficient (Wildman–Crippen LogP) is 2.42. The molecule has 0 aliphatic carbocycles. The topological polar surface area (TPSA) is 55.9 Å². The van der Waals surface area contributed by atoms with Crippen LogP contribution in [0.25, 0.3) is 0 Å². The summed E-state index contributed by atoms with van der Waals surface area (Å²) in [5, 5.41) is 7.63. The number of benzene rings is 1. The first kappa shape index (κ1) is 12.0. The largest absolute Gasteiger partial charge is 0.397 e. The third-order valence-electron chi connectivity index (χ3n) is 2.48. The number of nitrogen functional groups attached to an aromatic ring is 1. The summed E-state index contributed by atoms with van der Waals surface area (Å²) >= 11 is 3.43. The molecule has 0 bridgehead atoms. The van der Waals surface area contributed by atoms with Crippen molar-refractivity contribution >= 4 is 27.3 Å². The molecule has 3 N–H and O–H groups in total. The smallest absolute Gasteiger partial charge is 0.0642 e. The molecule has 4 nitrogen and oxygen atoms in total. The van der Waals surface area contributed by atoms with Gasteiger partial charge in [0.2, 0.25) is 0 Å². The van der Waals surface area contributed by atoms with Crippen LogP contribution in [0.5, 0.6) is 0 Å². The highest BCUT2D eigenvalue weighted by Gasteiger charge is 2.00. The highest BCUT2D eigenvalue weighted by Crippen LogP contribution is 2.23. The van der Waals surface area contributed by atoms with Crippen LogP contribution in [-0.4, -0.2) is 16.3 Å². The van der Waals surface area contributed by atoms with Crippen LogP contribution in [0.2, 0.25) is 0 Å². The fraction of sp³-hybridized carbons (Fsp3) is 0.250. The minimum atomic E-state index is 0.759. The molecule has 0 amide bonds. The van der Waals surface area contributed by atoms with Gasteiger partial charge in [-0.05, 0) is 24.3 Å². The molecular weight excluding hydrogens is 280 g/mol. The predicted molar refractivity (Wildman–Crippen MR) is 74.0 cm³/mol. The van der Waals surface area contributed by atoms with Crippen LogP contribution in [0.4, 0.5) is 11.4 Å². The van der Waals surface area contributed by atoms with Gasteiger partial charge in [-0.1, -0.05) is 15.9 Å². The molecular formula is C12H15BrN4. The molecule has 0 aliphatic rings. The quantitative estimate of drug-likeness (QED) is 0.852. The molecule has 5 heteroatoms. The minimum absolute atomic E-state index is 0.759. The molecule has 17 heavy (non-hydrogen) atoms. The maximum Gasteiger partial charge on any atom is 0.0642 e. The number of rotatable bonds is 4. The fourth-order valence-corrected chi connectivity index (χ4v) is 1.96. The van der Waals surface area contributed by atoms with Crippen molar-refractivity contribution in [1.82, 2.24) is 9.78 Å². The molecule has 1 aromatic heterocycles. The molecule has 1 heterocycles. The number of halogens is 1. The van der Waals surface area contributed by atoms with Crippen LogP contribution >= 0.6 is 15.9 Å². The van der Waals surface area contributed by atoms with Crippen molar-refractivity contribution in [1.29, 1.82) is 0 Å². The van der Waals surface area contributed by atoms with Gasteiger partial charge in [0, 0.05) is 30.7 Å². The summed E-state index contributed by atoms with van der Waals surface area (Å²) in [5.41, 5.74) is 8.66. The van der Waals surface area contributed by atoms with Crippen molar-refractivity contribution in [3.63, 3.8) is 0 Å². The number of nitrogens with zero attached hydrogens (tertiary/aromatic N) is 2. The molecule has 0 atom stereocenters. The lowest BCUT2D eigenvalue weighted by Gasteiger charge is -2.08. The van der Waals surface area contributed by atoms with Crippen molar-refractivity contribution in [2.75, 3.05) is 17.6 Å². The van der Waals surface area contributed by atoms with Gasteiger partial charge < -0.3 is 11.1 Å². The van der Waals surface area contributed by atoms with Crippen molar-refractivity contribution in [3.05, 3.63) is 40.6 Å². The summed E-state index contributed by atoms with van der Waals surface area (Å²) < 4.78 is 2.83. The van der Waals surface area contributed by atoms with E-state index in [-0.39, 0.29) is 0 Å². The van der Waals surface area contributed by atoms with E-state index in [2.05, 4.69) is 26.3 Å². The van der Waals surface area contributed by atoms with Gasteiger partial charge in [0.05, 0.1) is 17.1 Å². The first-order valence-electron chi connectivity index (χ1n) is 5.42. The average molecular weight is 295 g/mol. The second kappa shape index (κ2) is 5.23. The van der Waals surface area contributed by atoms with Crippen LogP contribution in [0, 0.1) is 0 Å². The highest BCUT2D eigenvalue weighted by atomic mass is 79.9. The Hall–Kier alpha value is -1.49. The number of aromatic nitrogens is 2. The molecule has 2 rings (SSSR count). The molecule has 90 valence electrons. The van der Waals surface area contributed by atoms with E-state index in [0.717, 1.165) is 34.5 Å². The Morgan fingerprint density at radius 1 is 1.41 bits per heavy atom. The third-order valence-corrected chi connectivity index (χ3v) is 2.97. The Kier molecular flexibility index (Phi) is 3.68. The van der Waals surface area contributed by atoms with E-state index in [4.69, 9.17) is 5.73 Å². The molecule has 0 aliphatic heterocycles. The van der Waals surface area contributed by atoms with Crippen LogP contribution in [-0.2, 0) is 13.5 Å². The molecule has 0 saturated heterocycles. The standard InChI is InChI=1S/C12H15BrN4/c1-17-7-5-10(16-17)4-6-15-12-8-9(13)2-3-11(12)14/h2-3,5,7-8,15H,4,6,14H2,1H3. The van der Waals surface area contributed by atoms with Gasteiger partial charge >= 0.3 is 0 Å². The van der Waals surface area contributed by atoms with Crippen LogP contribution < -0.4 is 11.1 Å². The summed E-state index contributed by atoms with van der Waals surface area (Å²) in [6.45, 7) is 0.817. The maximum atomic E-state index is 5.87. The Bertz CT molecular complexity index is 507. The van der Waals surface area contributed by atoms with Gasteiger partial charge in [-0.25, -0.2) is 0 Å². The van der Waals surface area contributed by atoms with Gasteiger partial charge in [0.25, 0.3) is 0 Å². The Morgan fingerprint density at radius 3 is 2.94 bits per heavy atom. The lowest BCUT2D eigenvalue weighted by molar-refractivity contribution is 0.742. The van der Waals surface area contributed by atoms with E-state index < -0.39 is 0 Å². The van der Waals surface area contributed by atoms with Crippen LogP contribution in [0.1, 0.15) is 5.69 Å². The zero-order valence-electron chi connectivity index (χ0n) is 9.65. The minimum Gasteiger partial charge on any atom is -0.397 e. The SMILES string of the molecule is Cn1ccc(CCNc2cc(Br)ccc2N)n1. The van der Waals surface area contributed by atoms with Gasteiger partial charge in [-0.15, -0.1) is 0 Å². The number of anilines is 2. The third kappa shape index (κ3) is 3.23. The summed E-state index contributed by atoms with van der Waals surface area (Å²) in [7, 11) is 1.92. The lowest BCUT2D eigenvalue weighted by Crippen LogP contribution is -2.07. The molecule has 0 spiro atoms. The molecule has 0 radical (unpaired) electrons. The van der Waals surface area contributed by atoms with Gasteiger partial charge in [0.15, 0.2) is 0 Å². The van der Waals surface area contributed by atoms with Crippen molar-refractivity contribution in [2.45, 2.75) is 6.42 Å². The Morgan fingerprint density at radius 2 is 2.24 bits per heavy atom. The van der Waals surface area contributed by atoms with Crippen LogP contribution in [0.15, 0.2) is 34.9 Å². The molecule has 0 fully saturated rings. The first-order chi connectivity index (χ1) is 8.15. The number of hydrogen-bond donors (Lipinski definition) is 2. The molecule has 0 unspecified atom stereocenters. The van der Waals surface area contributed by atoms with Gasteiger partial charge in [0.1, 0.15) is 0 Å². The second-order valence-electron chi connectivity index (χ2n) is 3.89. The van der Waals surface area contributed by atoms with Crippen LogP contribution in [0.3, 0.4) is 0 Å². The normalized spacial score (nSPS) is 10.5. The van der Waals surface area contributed by atoms with E-state index in [0.29, 0.717) is 0 Å². The summed E-state index contributed by atoms with van der Waals surface area (Å²) in [5.74, 6) is 0. The van der Waals surface area contributed by atoms with E-state index in [9.17, 15) is 0 Å². The summed E-state index contributed by atoms with van der Waals surface area (Å²) in [6, 6.07) is 7.81. The van der Waals surface area contributed by atoms with Crippen molar-refractivity contribution in [2.24, 2.45) is 7.05 Å². The average Bonchev–Trinajstić information content (AvgIpc) is 2.69. The van der Waals surface area contributed by atoms with Crippen molar-refractivity contribution in [3.8, 4) is 0 Å². The monoisotopic (exact) mass is 294 g/mol. The first-order valence-corrected chi connectivity index (χ1v) is 6.22. The Balaban J connectivity index is 1.91. The number of aryl methyl sites for hydroxylation is 1. The molecule has 2 aromatic rings. The summed E-state index contributed by atoms with van der Waals surface area (Å²) in [4.78, 5) is 0. The second-order valence-corrected chi connectivity index (χ2v) is 4.80. The number of nitrogens with two attached hydrogens (primary N) is 1. The zero-order valence-corrected chi connectivity index (χ0v) is 11.2. The Labute approximate surface area is 109 Å².